The summed E-state index contributed by atoms with van der Waals surface area (Å²) in [5.74, 6) is -0.673. The van der Waals surface area contributed by atoms with Gasteiger partial charge in [-0.3, -0.25) is 0 Å². The van der Waals surface area contributed by atoms with E-state index in [-0.39, 0.29) is 0 Å². The van der Waals surface area contributed by atoms with Gasteiger partial charge in [-0.25, -0.2) is 18.7 Å². The molecule has 0 fully saturated rings. The summed E-state index contributed by atoms with van der Waals surface area (Å²) >= 11 is 1.14. The first-order valence-electron chi connectivity index (χ1n) is 5.81. The standard InChI is InChI=1S/C13H13F2N3S/c1-3-16-13-17-8(2)6-12(18-13)19-11-5-4-9(14)7-10(11)15/h4-7H,3H2,1-2H3,(H,16,17,18). The van der Waals surface area contributed by atoms with Gasteiger partial charge in [-0.2, -0.15) is 0 Å². The summed E-state index contributed by atoms with van der Waals surface area (Å²) in [6.45, 7) is 4.49. The summed E-state index contributed by atoms with van der Waals surface area (Å²) in [7, 11) is 0. The van der Waals surface area contributed by atoms with Crippen LogP contribution in [0.15, 0.2) is 34.2 Å². The first-order chi connectivity index (χ1) is 9.08. The zero-order chi connectivity index (χ0) is 13.8. The third-order valence-corrected chi connectivity index (χ3v) is 3.24. The molecule has 0 saturated carbocycles. The van der Waals surface area contributed by atoms with Crippen LogP contribution >= 0.6 is 11.8 Å². The maximum Gasteiger partial charge on any atom is 0.223 e. The summed E-state index contributed by atoms with van der Waals surface area (Å²) in [6, 6.07) is 5.25. The van der Waals surface area contributed by atoms with Crippen LogP contribution in [0.5, 0.6) is 0 Å². The van der Waals surface area contributed by atoms with Gasteiger partial charge in [0.25, 0.3) is 0 Å². The lowest BCUT2D eigenvalue weighted by Gasteiger charge is -2.07. The van der Waals surface area contributed by atoms with E-state index in [1.165, 1.54) is 12.1 Å². The smallest absolute Gasteiger partial charge is 0.223 e. The summed E-state index contributed by atoms with van der Waals surface area (Å²) in [5, 5.41) is 3.63. The zero-order valence-corrected chi connectivity index (χ0v) is 11.4. The minimum Gasteiger partial charge on any atom is -0.354 e. The van der Waals surface area contributed by atoms with Crippen LogP contribution in [-0.4, -0.2) is 16.5 Å². The molecule has 1 aromatic carbocycles. The van der Waals surface area contributed by atoms with Crippen LogP contribution in [0.4, 0.5) is 14.7 Å². The largest absolute Gasteiger partial charge is 0.354 e. The molecule has 0 atom stereocenters. The molecule has 0 bridgehead atoms. The molecule has 0 radical (unpaired) electrons. The number of benzene rings is 1. The Bertz CT molecular complexity index is 590. The normalized spacial score (nSPS) is 10.5. The first-order valence-corrected chi connectivity index (χ1v) is 6.62. The average molecular weight is 281 g/mol. The second-order valence-corrected chi connectivity index (χ2v) is 4.94. The van der Waals surface area contributed by atoms with Gasteiger partial charge in [0, 0.05) is 23.2 Å². The fraction of sp³-hybridized carbons (Fsp3) is 0.231. The summed E-state index contributed by atoms with van der Waals surface area (Å²) < 4.78 is 26.4. The van der Waals surface area contributed by atoms with Gasteiger partial charge in [0.05, 0.1) is 0 Å². The van der Waals surface area contributed by atoms with Crippen LogP contribution in [0.25, 0.3) is 0 Å². The highest BCUT2D eigenvalue weighted by molar-refractivity contribution is 7.99. The molecule has 0 spiro atoms. The molecule has 0 aliphatic carbocycles. The molecule has 2 rings (SSSR count). The van der Waals surface area contributed by atoms with Crippen molar-refractivity contribution < 1.29 is 8.78 Å². The molecule has 0 saturated heterocycles. The molecular weight excluding hydrogens is 268 g/mol. The van der Waals surface area contributed by atoms with Crippen molar-refractivity contribution in [1.82, 2.24) is 9.97 Å². The van der Waals surface area contributed by atoms with Gasteiger partial charge in [0.15, 0.2) is 0 Å². The van der Waals surface area contributed by atoms with Crippen molar-refractivity contribution in [3.05, 3.63) is 41.6 Å². The van der Waals surface area contributed by atoms with Crippen LogP contribution in [0.3, 0.4) is 0 Å². The van der Waals surface area contributed by atoms with E-state index in [9.17, 15) is 8.78 Å². The van der Waals surface area contributed by atoms with E-state index >= 15 is 0 Å². The fourth-order valence-corrected chi connectivity index (χ4v) is 2.38. The van der Waals surface area contributed by atoms with E-state index in [4.69, 9.17) is 0 Å². The van der Waals surface area contributed by atoms with Crippen molar-refractivity contribution in [2.75, 3.05) is 11.9 Å². The lowest BCUT2D eigenvalue weighted by molar-refractivity contribution is 0.565. The van der Waals surface area contributed by atoms with Gasteiger partial charge < -0.3 is 5.32 Å². The maximum absolute atomic E-state index is 13.6. The van der Waals surface area contributed by atoms with Gasteiger partial charge in [-0.1, -0.05) is 11.8 Å². The van der Waals surface area contributed by atoms with Gasteiger partial charge in [0.1, 0.15) is 16.7 Å². The van der Waals surface area contributed by atoms with Gasteiger partial charge in [0.2, 0.25) is 5.95 Å². The van der Waals surface area contributed by atoms with E-state index in [1.54, 1.807) is 6.07 Å². The van der Waals surface area contributed by atoms with Crippen LogP contribution in [0.1, 0.15) is 12.6 Å². The molecule has 3 nitrogen and oxygen atoms in total. The zero-order valence-electron chi connectivity index (χ0n) is 10.6. The Morgan fingerprint density at radius 2 is 2.00 bits per heavy atom. The Kier molecular flexibility index (Phi) is 4.31. The van der Waals surface area contributed by atoms with Crippen molar-refractivity contribution in [2.24, 2.45) is 0 Å². The quantitative estimate of drug-likeness (QED) is 0.868. The van der Waals surface area contributed by atoms with E-state index in [2.05, 4.69) is 15.3 Å². The third kappa shape index (κ3) is 3.64. The van der Waals surface area contributed by atoms with Crippen molar-refractivity contribution in [3.8, 4) is 0 Å². The number of halogens is 2. The lowest BCUT2D eigenvalue weighted by atomic mass is 10.3. The summed E-state index contributed by atoms with van der Waals surface area (Å²) in [6.07, 6.45) is 0. The summed E-state index contributed by atoms with van der Waals surface area (Å²) in [5.41, 5.74) is 0.788. The van der Waals surface area contributed by atoms with E-state index in [0.29, 0.717) is 22.4 Å². The molecule has 6 heteroatoms. The van der Waals surface area contributed by atoms with Crippen LogP contribution in [-0.2, 0) is 0 Å². The Labute approximate surface area is 114 Å². The predicted octanol–water partition coefficient (Wildman–Crippen LogP) is 3.65. The molecule has 0 aliphatic rings. The molecule has 2 aromatic rings. The Morgan fingerprint density at radius 1 is 1.21 bits per heavy atom. The van der Waals surface area contributed by atoms with E-state index < -0.39 is 11.6 Å². The van der Waals surface area contributed by atoms with E-state index in [0.717, 1.165) is 23.5 Å². The highest BCUT2D eigenvalue weighted by Gasteiger charge is 2.08. The molecule has 1 N–H and O–H groups in total. The van der Waals surface area contributed by atoms with Gasteiger partial charge in [-0.15, -0.1) is 0 Å². The Balaban J connectivity index is 2.27. The second kappa shape index (κ2) is 5.97. The number of rotatable bonds is 4. The number of anilines is 1. The average Bonchev–Trinajstić information content (AvgIpc) is 2.32. The molecule has 0 aliphatic heterocycles. The van der Waals surface area contributed by atoms with Crippen LogP contribution in [0.2, 0.25) is 0 Å². The van der Waals surface area contributed by atoms with Crippen molar-refractivity contribution in [1.29, 1.82) is 0 Å². The highest BCUT2D eigenvalue weighted by Crippen LogP contribution is 2.29. The van der Waals surface area contributed by atoms with Crippen molar-refractivity contribution >= 4 is 17.7 Å². The molecule has 1 aromatic heterocycles. The lowest BCUT2D eigenvalue weighted by Crippen LogP contribution is -2.03. The highest BCUT2D eigenvalue weighted by atomic mass is 32.2. The Hall–Kier alpha value is -1.69. The molecule has 100 valence electrons. The van der Waals surface area contributed by atoms with Gasteiger partial charge in [-0.05, 0) is 32.0 Å². The Morgan fingerprint density at radius 3 is 2.68 bits per heavy atom. The van der Waals surface area contributed by atoms with E-state index in [1.807, 2.05) is 13.8 Å². The molecule has 0 amide bonds. The summed E-state index contributed by atoms with van der Waals surface area (Å²) in [4.78, 5) is 8.81. The fourth-order valence-electron chi connectivity index (χ4n) is 1.50. The number of nitrogens with one attached hydrogen (secondary N) is 1. The monoisotopic (exact) mass is 281 g/mol. The molecule has 19 heavy (non-hydrogen) atoms. The number of aromatic nitrogens is 2. The number of hydrogen-bond donors (Lipinski definition) is 1. The molecular formula is C13H13F2N3S. The first kappa shape index (κ1) is 13.7. The second-order valence-electron chi connectivity index (χ2n) is 3.88. The third-order valence-electron chi connectivity index (χ3n) is 2.27. The number of nitrogens with zero attached hydrogens (tertiary/aromatic N) is 2. The van der Waals surface area contributed by atoms with Crippen LogP contribution in [0, 0.1) is 18.6 Å². The number of hydrogen-bond acceptors (Lipinski definition) is 4. The molecule has 1 heterocycles. The predicted molar refractivity (Wildman–Crippen MR) is 71.4 cm³/mol. The van der Waals surface area contributed by atoms with Crippen LogP contribution < -0.4 is 5.32 Å². The van der Waals surface area contributed by atoms with Gasteiger partial charge >= 0.3 is 0 Å². The number of aryl methyl sites for hydroxylation is 1. The maximum atomic E-state index is 13.6. The SMILES string of the molecule is CCNc1nc(C)cc(Sc2ccc(F)cc2F)n1. The topological polar surface area (TPSA) is 37.8 Å². The van der Waals surface area contributed by atoms with Crippen molar-refractivity contribution in [3.63, 3.8) is 0 Å². The minimum absolute atomic E-state index is 0.335. The minimum atomic E-state index is -0.591. The molecule has 0 unspecified atom stereocenters. The van der Waals surface area contributed by atoms with Crippen molar-refractivity contribution in [2.45, 2.75) is 23.8 Å².